The number of anilines is 2. The summed E-state index contributed by atoms with van der Waals surface area (Å²) in [6, 6.07) is 22.2. The van der Waals surface area contributed by atoms with E-state index in [1.54, 1.807) is 6.20 Å². The summed E-state index contributed by atoms with van der Waals surface area (Å²) >= 11 is 0. The lowest BCUT2D eigenvalue weighted by atomic mass is 10.1. The van der Waals surface area contributed by atoms with E-state index in [2.05, 4.69) is 32.6 Å². The van der Waals surface area contributed by atoms with Gasteiger partial charge in [-0.25, -0.2) is 4.98 Å². The summed E-state index contributed by atoms with van der Waals surface area (Å²) in [5.41, 5.74) is 4.79. The lowest BCUT2D eigenvalue weighted by molar-refractivity contribution is 1.12. The van der Waals surface area contributed by atoms with Crippen LogP contribution in [0.25, 0.3) is 33.1 Å². The molecule has 3 aromatic heterocycles. The quantitative estimate of drug-likeness (QED) is 0.490. The molecule has 5 nitrogen and oxygen atoms in total. The van der Waals surface area contributed by atoms with Crippen molar-refractivity contribution in [3.63, 3.8) is 0 Å². The van der Waals surface area contributed by atoms with E-state index in [9.17, 15) is 0 Å². The van der Waals surface area contributed by atoms with E-state index in [1.165, 1.54) is 0 Å². The molecule has 0 aliphatic rings. The van der Waals surface area contributed by atoms with Crippen molar-refractivity contribution in [3.05, 3.63) is 79.1 Å². The number of fused-ring (bicyclic) bond motifs is 2. The molecule has 2 N–H and O–H groups in total. The molecule has 0 spiro atoms. The lowest BCUT2D eigenvalue weighted by Gasteiger charge is -2.11. The fourth-order valence-corrected chi connectivity index (χ4v) is 3.08. The first kappa shape index (κ1) is 14.6. The highest BCUT2D eigenvalue weighted by atomic mass is 15.1. The largest absolute Gasteiger partial charge is 0.340 e. The van der Waals surface area contributed by atoms with Crippen LogP contribution < -0.4 is 5.32 Å². The molecular weight excluding hydrogens is 322 g/mol. The number of H-pyrrole nitrogens is 1. The number of hydrogen-bond donors (Lipinski definition) is 2. The average molecular weight is 337 g/mol. The highest BCUT2D eigenvalue weighted by Crippen LogP contribution is 2.29. The molecular formula is C21H15N5. The van der Waals surface area contributed by atoms with Crippen molar-refractivity contribution in [2.45, 2.75) is 0 Å². The number of benzene rings is 2. The molecule has 5 heteroatoms. The standard InChI is InChI=1S/C21H15N5/c1-2-5-14(6-3-1)18-12-20-17(7-4-10-22-20)21(25-18)24-16-9-8-15-13-23-26-19(15)11-16/h1-13H,(H,23,26)(H,24,25). The average Bonchev–Trinajstić information content (AvgIpc) is 3.16. The van der Waals surface area contributed by atoms with Crippen molar-refractivity contribution in [2.24, 2.45) is 0 Å². The van der Waals surface area contributed by atoms with Gasteiger partial charge in [0.1, 0.15) is 5.82 Å². The van der Waals surface area contributed by atoms with Gasteiger partial charge in [0, 0.05) is 28.2 Å². The topological polar surface area (TPSA) is 66.5 Å². The number of rotatable bonds is 3. The number of aromatic amines is 1. The Labute approximate surface area is 149 Å². The Balaban J connectivity index is 1.65. The first-order valence-electron chi connectivity index (χ1n) is 8.38. The maximum absolute atomic E-state index is 4.86. The monoisotopic (exact) mass is 337 g/mol. The fraction of sp³-hybridized carbons (Fsp3) is 0. The van der Waals surface area contributed by atoms with Crippen LogP contribution >= 0.6 is 0 Å². The van der Waals surface area contributed by atoms with Gasteiger partial charge < -0.3 is 5.32 Å². The smallest absolute Gasteiger partial charge is 0.140 e. The number of nitrogens with zero attached hydrogens (tertiary/aromatic N) is 3. The molecule has 0 aliphatic heterocycles. The predicted molar refractivity (Wildman–Crippen MR) is 104 cm³/mol. The Kier molecular flexibility index (Phi) is 3.35. The van der Waals surface area contributed by atoms with Crippen molar-refractivity contribution in [3.8, 4) is 11.3 Å². The molecule has 3 heterocycles. The SMILES string of the molecule is c1ccc(-c2cc3ncccc3c(Nc3ccc4cn[nH]c4c3)n2)cc1. The summed E-state index contributed by atoms with van der Waals surface area (Å²) in [7, 11) is 0. The van der Waals surface area contributed by atoms with E-state index in [0.29, 0.717) is 0 Å². The van der Waals surface area contributed by atoms with E-state index < -0.39 is 0 Å². The zero-order chi connectivity index (χ0) is 17.3. The number of hydrogen-bond acceptors (Lipinski definition) is 4. The summed E-state index contributed by atoms with van der Waals surface area (Å²) in [6.07, 6.45) is 3.62. The van der Waals surface area contributed by atoms with Crippen LogP contribution in [0.4, 0.5) is 11.5 Å². The summed E-state index contributed by atoms with van der Waals surface area (Å²) in [5.74, 6) is 0.785. The van der Waals surface area contributed by atoms with Crippen LogP contribution in [0.5, 0.6) is 0 Å². The first-order valence-corrected chi connectivity index (χ1v) is 8.38. The van der Waals surface area contributed by atoms with Gasteiger partial charge in [-0.3, -0.25) is 10.1 Å². The Morgan fingerprint density at radius 2 is 1.81 bits per heavy atom. The third kappa shape index (κ3) is 2.56. The highest BCUT2D eigenvalue weighted by Gasteiger charge is 2.09. The van der Waals surface area contributed by atoms with E-state index >= 15 is 0 Å². The van der Waals surface area contributed by atoms with Gasteiger partial charge in [0.2, 0.25) is 0 Å². The molecule has 0 bridgehead atoms. The van der Waals surface area contributed by atoms with Crippen LogP contribution in [0.1, 0.15) is 0 Å². The molecule has 0 saturated carbocycles. The van der Waals surface area contributed by atoms with Gasteiger partial charge in [-0.15, -0.1) is 0 Å². The summed E-state index contributed by atoms with van der Waals surface area (Å²) in [4.78, 5) is 9.37. The molecule has 5 aromatic rings. The normalized spacial score (nSPS) is 11.1. The van der Waals surface area contributed by atoms with Gasteiger partial charge in [0.05, 0.1) is 22.9 Å². The minimum atomic E-state index is 0.785. The van der Waals surface area contributed by atoms with Crippen molar-refractivity contribution >= 4 is 33.3 Å². The van der Waals surface area contributed by atoms with Crippen LogP contribution in [0, 0.1) is 0 Å². The van der Waals surface area contributed by atoms with Crippen LogP contribution in [0.2, 0.25) is 0 Å². The second-order valence-corrected chi connectivity index (χ2v) is 6.09. The van der Waals surface area contributed by atoms with Crippen molar-refractivity contribution in [1.29, 1.82) is 0 Å². The molecule has 0 unspecified atom stereocenters. The minimum absolute atomic E-state index is 0.785. The third-order valence-corrected chi connectivity index (χ3v) is 4.37. The van der Waals surface area contributed by atoms with Crippen LogP contribution in [-0.4, -0.2) is 20.2 Å². The zero-order valence-corrected chi connectivity index (χ0v) is 13.8. The van der Waals surface area contributed by atoms with Gasteiger partial charge in [-0.2, -0.15) is 5.10 Å². The highest BCUT2D eigenvalue weighted by molar-refractivity contribution is 5.94. The van der Waals surface area contributed by atoms with Gasteiger partial charge in [0.25, 0.3) is 0 Å². The summed E-state index contributed by atoms with van der Waals surface area (Å²) in [6.45, 7) is 0. The Hall–Kier alpha value is -3.73. The number of pyridine rings is 2. The number of nitrogens with one attached hydrogen (secondary N) is 2. The van der Waals surface area contributed by atoms with E-state index in [0.717, 1.165) is 44.6 Å². The van der Waals surface area contributed by atoms with E-state index in [4.69, 9.17) is 4.98 Å². The van der Waals surface area contributed by atoms with Crippen LogP contribution in [0.15, 0.2) is 79.1 Å². The molecule has 0 fully saturated rings. The van der Waals surface area contributed by atoms with Crippen LogP contribution in [-0.2, 0) is 0 Å². The third-order valence-electron chi connectivity index (χ3n) is 4.37. The van der Waals surface area contributed by atoms with Crippen molar-refractivity contribution in [2.75, 3.05) is 5.32 Å². The Bertz CT molecular complexity index is 1210. The molecule has 0 amide bonds. The molecule has 5 rings (SSSR count). The summed E-state index contributed by atoms with van der Waals surface area (Å²) < 4.78 is 0. The molecule has 0 radical (unpaired) electrons. The molecule has 2 aromatic carbocycles. The molecule has 0 atom stereocenters. The molecule has 26 heavy (non-hydrogen) atoms. The minimum Gasteiger partial charge on any atom is -0.340 e. The van der Waals surface area contributed by atoms with E-state index in [1.807, 2.05) is 60.8 Å². The molecule has 0 aliphatic carbocycles. The number of aromatic nitrogens is 4. The lowest BCUT2D eigenvalue weighted by Crippen LogP contribution is -1.97. The second-order valence-electron chi connectivity index (χ2n) is 6.09. The fourth-order valence-electron chi connectivity index (χ4n) is 3.08. The molecule has 124 valence electrons. The van der Waals surface area contributed by atoms with Crippen LogP contribution in [0.3, 0.4) is 0 Å². The van der Waals surface area contributed by atoms with Gasteiger partial charge in [-0.1, -0.05) is 30.3 Å². The Morgan fingerprint density at radius 3 is 2.73 bits per heavy atom. The van der Waals surface area contributed by atoms with E-state index in [-0.39, 0.29) is 0 Å². The maximum Gasteiger partial charge on any atom is 0.140 e. The van der Waals surface area contributed by atoms with Gasteiger partial charge >= 0.3 is 0 Å². The van der Waals surface area contributed by atoms with Crippen molar-refractivity contribution in [1.82, 2.24) is 20.2 Å². The second kappa shape index (κ2) is 5.97. The van der Waals surface area contributed by atoms with Gasteiger partial charge in [-0.05, 0) is 36.4 Å². The molecule has 0 saturated heterocycles. The first-order chi connectivity index (χ1) is 12.9. The zero-order valence-electron chi connectivity index (χ0n) is 13.8. The maximum atomic E-state index is 4.86. The Morgan fingerprint density at radius 1 is 0.885 bits per heavy atom. The predicted octanol–water partition coefficient (Wildman–Crippen LogP) is 4.92. The van der Waals surface area contributed by atoms with Crippen molar-refractivity contribution < 1.29 is 0 Å². The van der Waals surface area contributed by atoms with Gasteiger partial charge in [0.15, 0.2) is 0 Å². The summed E-state index contributed by atoms with van der Waals surface area (Å²) in [5, 5.41) is 12.6.